The summed E-state index contributed by atoms with van der Waals surface area (Å²) in [5.74, 6) is -1.62. The Labute approximate surface area is 158 Å². The number of phenolic OH excluding ortho intramolecular Hbond substituents is 2. The van der Waals surface area contributed by atoms with Crippen molar-refractivity contribution in [2.75, 3.05) is 0 Å². The average molecular weight is 459 g/mol. The number of ketones is 1. The third kappa shape index (κ3) is 2.72. The van der Waals surface area contributed by atoms with Gasteiger partial charge in [-0.05, 0) is 57.0 Å². The lowest BCUT2D eigenvalue weighted by atomic mass is 9.98. The number of aliphatic hydroxyl groups excluding tert-OH is 1. The molecule has 5 nitrogen and oxygen atoms in total. The van der Waals surface area contributed by atoms with E-state index in [4.69, 9.17) is 8.53 Å². The molecule has 1 unspecified atom stereocenters. The first kappa shape index (κ1) is 13.5. The SMILES string of the molecule is [2H]c1c([2H])c([2H])c2c(C(=O)c3cc(Br)c(O)c(Br)c3)c(C(C)O)oc2c1O. The number of furan rings is 1. The third-order valence-electron chi connectivity index (χ3n) is 3.40. The molecule has 3 rings (SSSR count). The molecule has 0 radical (unpaired) electrons. The van der Waals surface area contributed by atoms with Crippen molar-refractivity contribution in [2.24, 2.45) is 0 Å². The zero-order chi connectivity index (χ0) is 20.2. The highest BCUT2D eigenvalue weighted by Crippen LogP contribution is 2.38. The summed E-state index contributed by atoms with van der Waals surface area (Å²) in [7, 11) is 0. The van der Waals surface area contributed by atoms with Crippen LogP contribution in [-0.2, 0) is 0 Å². The van der Waals surface area contributed by atoms with Crippen LogP contribution < -0.4 is 0 Å². The second-order valence-electron chi connectivity index (χ2n) is 5.06. The Hall–Kier alpha value is -1.83. The van der Waals surface area contributed by atoms with Crippen LogP contribution in [0, 0.1) is 0 Å². The van der Waals surface area contributed by atoms with E-state index in [0.717, 1.165) is 0 Å². The van der Waals surface area contributed by atoms with E-state index in [1.165, 1.54) is 19.1 Å². The number of halogens is 2. The predicted octanol–water partition coefficient (Wildman–Crippen LogP) is 4.65. The molecule has 7 heteroatoms. The minimum Gasteiger partial charge on any atom is -0.506 e. The summed E-state index contributed by atoms with van der Waals surface area (Å²) in [6.45, 7) is 1.35. The second kappa shape index (κ2) is 6.23. The van der Waals surface area contributed by atoms with Crippen molar-refractivity contribution in [1.82, 2.24) is 0 Å². The molecular weight excluding hydrogens is 444 g/mol. The maximum Gasteiger partial charge on any atom is 0.197 e. The van der Waals surface area contributed by atoms with Gasteiger partial charge in [0, 0.05) is 10.9 Å². The van der Waals surface area contributed by atoms with Gasteiger partial charge in [-0.25, -0.2) is 0 Å². The standard InChI is InChI=1S/C17H12Br2O5/c1-7(20)16-13(9-3-2-4-12(21)17(9)24-16)14(22)8-5-10(18)15(23)11(19)6-8/h2-7,20-21,23H,1H3/i2D,3D,4D. The molecule has 0 saturated heterocycles. The minimum atomic E-state index is -1.25. The molecule has 0 spiro atoms. The number of fused-ring (bicyclic) bond motifs is 1. The summed E-state index contributed by atoms with van der Waals surface area (Å²) < 4.78 is 29.6. The fraction of sp³-hybridized carbons (Fsp3) is 0.118. The fourth-order valence-corrected chi connectivity index (χ4v) is 3.49. The first-order valence-electron chi connectivity index (χ1n) is 8.22. The van der Waals surface area contributed by atoms with Crippen LogP contribution in [0.1, 0.15) is 38.8 Å². The van der Waals surface area contributed by atoms with Gasteiger partial charge in [-0.2, -0.15) is 0 Å². The summed E-state index contributed by atoms with van der Waals surface area (Å²) in [6, 6.07) is 1.07. The van der Waals surface area contributed by atoms with Crippen molar-refractivity contribution in [3.8, 4) is 11.5 Å². The monoisotopic (exact) mass is 457 g/mol. The lowest BCUT2D eigenvalue weighted by Gasteiger charge is -2.07. The Morgan fingerprint density at radius 2 is 1.88 bits per heavy atom. The molecule has 24 heavy (non-hydrogen) atoms. The molecule has 0 aliphatic heterocycles. The summed E-state index contributed by atoms with van der Waals surface area (Å²) in [4.78, 5) is 13.2. The smallest absolute Gasteiger partial charge is 0.197 e. The van der Waals surface area contributed by atoms with E-state index < -0.39 is 35.8 Å². The fourth-order valence-electron chi connectivity index (χ4n) is 2.31. The first-order chi connectivity index (χ1) is 12.6. The topological polar surface area (TPSA) is 90.9 Å². The average Bonchev–Trinajstić information content (AvgIpc) is 3.02. The zero-order valence-corrected chi connectivity index (χ0v) is 15.3. The maximum absolute atomic E-state index is 13.2. The van der Waals surface area contributed by atoms with Gasteiger partial charge < -0.3 is 19.7 Å². The van der Waals surface area contributed by atoms with Crippen LogP contribution in [0.5, 0.6) is 11.5 Å². The van der Waals surface area contributed by atoms with E-state index in [-0.39, 0.29) is 42.6 Å². The number of para-hydroxylation sites is 1. The Morgan fingerprint density at radius 1 is 1.25 bits per heavy atom. The van der Waals surface area contributed by atoms with Gasteiger partial charge in [0.1, 0.15) is 17.6 Å². The number of carbonyl (C=O) groups is 1. The summed E-state index contributed by atoms with van der Waals surface area (Å²) in [5.41, 5.74) is -0.382. The molecule has 0 fully saturated rings. The highest BCUT2D eigenvalue weighted by Gasteiger charge is 2.26. The van der Waals surface area contributed by atoms with E-state index in [2.05, 4.69) is 31.9 Å². The van der Waals surface area contributed by atoms with Gasteiger partial charge in [0.05, 0.1) is 18.6 Å². The number of aliphatic hydroxyl groups is 1. The second-order valence-corrected chi connectivity index (χ2v) is 6.77. The Bertz CT molecular complexity index is 1090. The summed E-state index contributed by atoms with van der Waals surface area (Å²) in [5, 5.41) is 29.8. The number of rotatable bonds is 3. The quantitative estimate of drug-likeness (QED) is 0.497. The highest BCUT2D eigenvalue weighted by atomic mass is 79.9. The van der Waals surface area contributed by atoms with E-state index in [0.29, 0.717) is 0 Å². The lowest BCUT2D eigenvalue weighted by molar-refractivity contribution is 0.102. The summed E-state index contributed by atoms with van der Waals surface area (Å²) in [6.07, 6.45) is -1.25. The van der Waals surface area contributed by atoms with Crippen molar-refractivity contribution in [3.63, 3.8) is 0 Å². The van der Waals surface area contributed by atoms with Crippen molar-refractivity contribution in [1.29, 1.82) is 0 Å². The molecule has 124 valence electrons. The summed E-state index contributed by atoms with van der Waals surface area (Å²) >= 11 is 6.27. The molecule has 0 bridgehead atoms. The number of aromatic hydroxyl groups is 2. The Morgan fingerprint density at radius 3 is 2.46 bits per heavy atom. The maximum atomic E-state index is 13.2. The van der Waals surface area contributed by atoms with Gasteiger partial charge in [0.15, 0.2) is 17.1 Å². The van der Waals surface area contributed by atoms with Crippen molar-refractivity contribution in [2.45, 2.75) is 13.0 Å². The van der Waals surface area contributed by atoms with Gasteiger partial charge in [0.2, 0.25) is 0 Å². The third-order valence-corrected chi connectivity index (χ3v) is 4.61. The van der Waals surface area contributed by atoms with Gasteiger partial charge in [-0.3, -0.25) is 4.79 Å². The van der Waals surface area contributed by atoms with E-state index in [1.54, 1.807) is 0 Å². The molecule has 1 heterocycles. The molecule has 1 aromatic heterocycles. The number of hydrogen-bond acceptors (Lipinski definition) is 5. The van der Waals surface area contributed by atoms with Crippen LogP contribution in [0.25, 0.3) is 11.0 Å². The number of hydrogen-bond donors (Lipinski definition) is 3. The minimum absolute atomic E-state index is 0.106. The number of benzene rings is 2. The van der Waals surface area contributed by atoms with Gasteiger partial charge in [0.25, 0.3) is 0 Å². The zero-order valence-electron chi connectivity index (χ0n) is 15.1. The highest BCUT2D eigenvalue weighted by molar-refractivity contribution is 9.11. The Balaban J connectivity index is 2.40. The van der Waals surface area contributed by atoms with Gasteiger partial charge in [-0.15, -0.1) is 0 Å². The Kier molecular flexibility index (Phi) is 3.50. The molecular formula is C17H12Br2O5. The largest absolute Gasteiger partial charge is 0.506 e. The van der Waals surface area contributed by atoms with Crippen LogP contribution in [0.3, 0.4) is 0 Å². The molecule has 3 aromatic rings. The van der Waals surface area contributed by atoms with Crippen molar-refractivity contribution < 1.29 is 28.6 Å². The number of phenols is 2. The van der Waals surface area contributed by atoms with Crippen LogP contribution in [0.2, 0.25) is 0 Å². The molecule has 0 saturated carbocycles. The number of carbonyl (C=O) groups excluding carboxylic acids is 1. The normalized spacial score (nSPS) is 14.2. The van der Waals surface area contributed by atoms with Crippen molar-refractivity contribution in [3.05, 3.63) is 56.1 Å². The van der Waals surface area contributed by atoms with Gasteiger partial charge >= 0.3 is 0 Å². The van der Waals surface area contributed by atoms with E-state index in [9.17, 15) is 20.1 Å². The van der Waals surface area contributed by atoms with Crippen LogP contribution in [-0.4, -0.2) is 21.1 Å². The lowest BCUT2D eigenvalue weighted by Crippen LogP contribution is -2.06. The molecule has 0 amide bonds. The van der Waals surface area contributed by atoms with Gasteiger partial charge in [-0.1, -0.05) is 12.1 Å². The molecule has 0 aliphatic rings. The molecule has 3 N–H and O–H groups in total. The molecule has 1 atom stereocenters. The van der Waals surface area contributed by atoms with E-state index in [1.807, 2.05) is 0 Å². The molecule has 2 aromatic carbocycles. The van der Waals surface area contributed by atoms with E-state index >= 15 is 0 Å². The van der Waals surface area contributed by atoms with Crippen LogP contribution in [0.15, 0.2) is 43.6 Å². The van der Waals surface area contributed by atoms with Crippen LogP contribution >= 0.6 is 31.9 Å². The van der Waals surface area contributed by atoms with Crippen molar-refractivity contribution >= 4 is 48.6 Å². The predicted molar refractivity (Wildman–Crippen MR) is 95.5 cm³/mol. The first-order valence-corrected chi connectivity index (χ1v) is 8.30. The molecule has 0 aliphatic carbocycles. The van der Waals surface area contributed by atoms with Crippen LogP contribution in [0.4, 0.5) is 0 Å².